The van der Waals surface area contributed by atoms with Crippen LogP contribution in [0, 0.1) is 0 Å². The molecule has 2 aromatic rings. The number of amides is 2. The summed E-state index contributed by atoms with van der Waals surface area (Å²) >= 11 is 1.38. The molecule has 8 heteroatoms. The summed E-state index contributed by atoms with van der Waals surface area (Å²) in [6.45, 7) is 3.94. The van der Waals surface area contributed by atoms with Crippen LogP contribution in [0.4, 0.5) is 9.93 Å². The lowest BCUT2D eigenvalue weighted by molar-refractivity contribution is 0.130. The number of aliphatic hydroxyl groups excluding tert-OH is 1. The van der Waals surface area contributed by atoms with E-state index in [-0.39, 0.29) is 12.1 Å². The molecule has 2 aromatic heterocycles. The molecule has 23 heavy (non-hydrogen) atoms. The highest BCUT2D eigenvalue weighted by Gasteiger charge is 2.17. The third-order valence-corrected chi connectivity index (χ3v) is 4.16. The monoisotopic (exact) mass is 338 g/mol. The van der Waals surface area contributed by atoms with Crippen molar-refractivity contribution in [2.75, 3.05) is 5.32 Å². The minimum Gasteiger partial charge on any atom is -0.467 e. The van der Waals surface area contributed by atoms with Gasteiger partial charge in [-0.05, 0) is 25.5 Å². The SMILES string of the molecule is CCCCc1nnc(NC(=O)NC(C)CC(O)c2ccco2)s1. The second kappa shape index (κ2) is 8.64. The van der Waals surface area contributed by atoms with E-state index in [1.165, 1.54) is 17.6 Å². The quantitative estimate of drug-likeness (QED) is 0.686. The summed E-state index contributed by atoms with van der Waals surface area (Å²) in [5.74, 6) is 0.490. The zero-order valence-corrected chi connectivity index (χ0v) is 14.1. The van der Waals surface area contributed by atoms with Crippen LogP contribution in [-0.4, -0.2) is 27.4 Å². The Labute approximate surface area is 139 Å². The minimum atomic E-state index is -0.748. The molecule has 2 amide bonds. The first-order chi connectivity index (χ1) is 11.1. The van der Waals surface area contributed by atoms with Crippen LogP contribution in [0.2, 0.25) is 0 Å². The van der Waals surface area contributed by atoms with E-state index >= 15 is 0 Å². The van der Waals surface area contributed by atoms with Crippen molar-refractivity contribution >= 4 is 22.5 Å². The Kier molecular flexibility index (Phi) is 6.54. The van der Waals surface area contributed by atoms with Gasteiger partial charge in [0.15, 0.2) is 0 Å². The molecule has 0 radical (unpaired) electrons. The second-order valence-corrected chi connectivity index (χ2v) is 6.43. The molecule has 0 aliphatic rings. The van der Waals surface area contributed by atoms with Crippen molar-refractivity contribution in [3.63, 3.8) is 0 Å². The molecule has 2 heterocycles. The number of unbranched alkanes of at least 4 members (excludes halogenated alkanes) is 1. The normalized spacial score (nSPS) is 13.5. The number of anilines is 1. The highest BCUT2D eigenvalue weighted by molar-refractivity contribution is 7.15. The predicted octanol–water partition coefficient (Wildman–Crippen LogP) is 3.11. The molecular formula is C15H22N4O3S. The zero-order valence-electron chi connectivity index (χ0n) is 13.3. The first-order valence-corrected chi connectivity index (χ1v) is 8.51. The van der Waals surface area contributed by atoms with Gasteiger partial charge in [-0.25, -0.2) is 4.79 Å². The second-order valence-electron chi connectivity index (χ2n) is 5.37. The van der Waals surface area contributed by atoms with Crippen molar-refractivity contribution in [2.24, 2.45) is 0 Å². The van der Waals surface area contributed by atoms with Gasteiger partial charge in [-0.1, -0.05) is 24.7 Å². The molecule has 2 atom stereocenters. The fourth-order valence-corrected chi connectivity index (χ4v) is 2.86. The van der Waals surface area contributed by atoms with Gasteiger partial charge in [0.05, 0.1) is 6.26 Å². The van der Waals surface area contributed by atoms with E-state index in [2.05, 4.69) is 27.8 Å². The molecule has 0 saturated carbocycles. The molecule has 2 rings (SSSR count). The number of aromatic nitrogens is 2. The highest BCUT2D eigenvalue weighted by Crippen LogP contribution is 2.19. The summed E-state index contributed by atoms with van der Waals surface area (Å²) in [6, 6.07) is 2.84. The Morgan fingerprint density at radius 1 is 1.48 bits per heavy atom. The Morgan fingerprint density at radius 3 is 3.00 bits per heavy atom. The van der Waals surface area contributed by atoms with Gasteiger partial charge in [-0.3, -0.25) is 5.32 Å². The fraction of sp³-hybridized carbons (Fsp3) is 0.533. The van der Waals surface area contributed by atoms with Crippen molar-refractivity contribution in [1.29, 1.82) is 0 Å². The molecule has 0 aliphatic heterocycles. The molecule has 0 aliphatic carbocycles. The summed E-state index contributed by atoms with van der Waals surface area (Å²) in [5, 5.41) is 24.8. The fourth-order valence-electron chi connectivity index (χ4n) is 2.08. The number of hydrogen-bond acceptors (Lipinski definition) is 6. The number of carbonyl (C=O) groups excluding carboxylic acids is 1. The lowest BCUT2D eigenvalue weighted by atomic mass is 10.1. The van der Waals surface area contributed by atoms with Gasteiger partial charge in [0.1, 0.15) is 16.9 Å². The van der Waals surface area contributed by atoms with Crippen LogP contribution in [0.3, 0.4) is 0 Å². The molecule has 3 N–H and O–H groups in total. The molecule has 0 spiro atoms. The van der Waals surface area contributed by atoms with Crippen LogP contribution in [-0.2, 0) is 6.42 Å². The summed E-state index contributed by atoms with van der Waals surface area (Å²) in [4.78, 5) is 11.9. The van der Waals surface area contributed by atoms with Crippen molar-refractivity contribution in [2.45, 2.75) is 51.7 Å². The van der Waals surface area contributed by atoms with E-state index in [0.29, 0.717) is 17.3 Å². The van der Waals surface area contributed by atoms with Crippen LogP contribution < -0.4 is 10.6 Å². The van der Waals surface area contributed by atoms with E-state index < -0.39 is 6.10 Å². The van der Waals surface area contributed by atoms with E-state index in [1.807, 2.05) is 6.92 Å². The van der Waals surface area contributed by atoms with Gasteiger partial charge in [0, 0.05) is 18.9 Å². The third kappa shape index (κ3) is 5.65. The number of nitrogens with one attached hydrogen (secondary N) is 2. The Morgan fingerprint density at radius 2 is 2.30 bits per heavy atom. The minimum absolute atomic E-state index is 0.220. The standard InChI is InChI=1S/C15H22N4O3S/c1-3-4-7-13-18-19-15(23-13)17-14(21)16-10(2)9-11(20)12-6-5-8-22-12/h5-6,8,10-11,20H,3-4,7,9H2,1-2H3,(H2,16,17,19,21). The molecular weight excluding hydrogens is 316 g/mol. The predicted molar refractivity (Wildman–Crippen MR) is 88.4 cm³/mol. The zero-order chi connectivity index (χ0) is 16.7. The van der Waals surface area contributed by atoms with E-state index in [1.54, 1.807) is 12.1 Å². The maximum Gasteiger partial charge on any atom is 0.321 e. The third-order valence-electron chi connectivity index (χ3n) is 3.26. The lowest BCUT2D eigenvalue weighted by Gasteiger charge is -2.16. The average Bonchev–Trinajstić information content (AvgIpc) is 3.16. The largest absolute Gasteiger partial charge is 0.467 e. The van der Waals surface area contributed by atoms with Crippen LogP contribution in [0.15, 0.2) is 22.8 Å². The highest BCUT2D eigenvalue weighted by atomic mass is 32.1. The van der Waals surface area contributed by atoms with Crippen LogP contribution in [0.5, 0.6) is 0 Å². The number of furan rings is 1. The molecule has 7 nitrogen and oxygen atoms in total. The number of aliphatic hydroxyl groups is 1. The number of rotatable bonds is 8. The maximum atomic E-state index is 11.9. The summed E-state index contributed by atoms with van der Waals surface area (Å²) < 4.78 is 5.14. The van der Waals surface area contributed by atoms with Crippen LogP contribution >= 0.6 is 11.3 Å². The van der Waals surface area contributed by atoms with Gasteiger partial charge in [0.2, 0.25) is 5.13 Å². The molecule has 126 valence electrons. The Balaban J connectivity index is 1.76. The summed E-state index contributed by atoms with van der Waals surface area (Å²) in [5.41, 5.74) is 0. The number of nitrogens with zero attached hydrogens (tertiary/aromatic N) is 2. The van der Waals surface area contributed by atoms with Gasteiger partial charge >= 0.3 is 6.03 Å². The van der Waals surface area contributed by atoms with Crippen LogP contribution in [0.25, 0.3) is 0 Å². The van der Waals surface area contributed by atoms with Gasteiger partial charge in [-0.15, -0.1) is 10.2 Å². The number of urea groups is 1. The number of aryl methyl sites for hydroxylation is 1. The Hall–Kier alpha value is -1.93. The molecule has 0 fully saturated rings. The summed E-state index contributed by atoms with van der Waals surface area (Å²) in [7, 11) is 0. The topological polar surface area (TPSA) is 100 Å². The van der Waals surface area contributed by atoms with Crippen molar-refractivity contribution < 1.29 is 14.3 Å². The van der Waals surface area contributed by atoms with Gasteiger partial charge in [-0.2, -0.15) is 0 Å². The number of hydrogen-bond donors (Lipinski definition) is 3. The van der Waals surface area contributed by atoms with Crippen molar-refractivity contribution in [1.82, 2.24) is 15.5 Å². The first kappa shape index (κ1) is 17.4. The van der Waals surface area contributed by atoms with E-state index in [0.717, 1.165) is 24.3 Å². The molecule has 0 bridgehead atoms. The van der Waals surface area contributed by atoms with Crippen molar-refractivity contribution in [3.8, 4) is 0 Å². The average molecular weight is 338 g/mol. The van der Waals surface area contributed by atoms with Crippen LogP contribution in [0.1, 0.15) is 50.0 Å². The molecule has 0 aromatic carbocycles. The number of carbonyl (C=O) groups is 1. The lowest BCUT2D eigenvalue weighted by Crippen LogP contribution is -2.37. The first-order valence-electron chi connectivity index (χ1n) is 7.69. The van der Waals surface area contributed by atoms with Gasteiger partial charge < -0.3 is 14.8 Å². The molecule has 2 unspecified atom stereocenters. The Bertz CT molecular complexity index is 600. The van der Waals surface area contributed by atoms with Crippen molar-refractivity contribution in [3.05, 3.63) is 29.2 Å². The van der Waals surface area contributed by atoms with E-state index in [9.17, 15) is 9.90 Å². The summed E-state index contributed by atoms with van der Waals surface area (Å²) in [6.07, 6.45) is 4.15. The van der Waals surface area contributed by atoms with E-state index in [4.69, 9.17) is 4.42 Å². The smallest absolute Gasteiger partial charge is 0.321 e. The van der Waals surface area contributed by atoms with Gasteiger partial charge in [0.25, 0.3) is 0 Å². The molecule has 0 saturated heterocycles. The maximum absolute atomic E-state index is 11.9.